The van der Waals surface area contributed by atoms with Gasteiger partial charge in [0, 0.05) is 25.5 Å². The van der Waals surface area contributed by atoms with Crippen LogP contribution in [0.25, 0.3) is 0 Å². The highest BCUT2D eigenvalue weighted by molar-refractivity contribution is 5.40. The summed E-state index contributed by atoms with van der Waals surface area (Å²) in [5, 5.41) is 9.99. The lowest BCUT2D eigenvalue weighted by atomic mass is 9.98. The minimum absolute atomic E-state index is 0.0394. The molecule has 6 heteroatoms. The molecule has 132 valence electrons. The summed E-state index contributed by atoms with van der Waals surface area (Å²) in [5.74, 6) is 0. The number of hydrogen-bond donors (Lipinski definition) is 1. The standard InChI is InChI=1S/C18H27N3O3/c1-13-7-19(8-14(2)24-13)15-5-4-6-20-16(15)9-21(17(20)10-22)18(3)11-23-12-18/h4-6,9,13-14,17,22H,7-8,10-12H2,1-3H3/t13-,14-,17?/m0/s1. The molecule has 0 aliphatic carbocycles. The molecular formula is C18H27N3O3. The van der Waals surface area contributed by atoms with E-state index in [1.807, 2.05) is 0 Å². The van der Waals surface area contributed by atoms with Gasteiger partial charge < -0.3 is 29.3 Å². The zero-order valence-electron chi connectivity index (χ0n) is 14.7. The van der Waals surface area contributed by atoms with Gasteiger partial charge in [-0.15, -0.1) is 0 Å². The van der Waals surface area contributed by atoms with Gasteiger partial charge in [-0.1, -0.05) is 0 Å². The number of ether oxygens (including phenoxy) is 2. The topological polar surface area (TPSA) is 48.4 Å². The summed E-state index contributed by atoms with van der Waals surface area (Å²) >= 11 is 0. The van der Waals surface area contributed by atoms with E-state index in [2.05, 4.69) is 60.0 Å². The van der Waals surface area contributed by atoms with Crippen LogP contribution in [-0.2, 0) is 9.47 Å². The van der Waals surface area contributed by atoms with Crippen LogP contribution in [-0.4, -0.2) is 76.6 Å². The molecule has 0 aromatic carbocycles. The molecule has 0 aromatic rings. The zero-order chi connectivity index (χ0) is 16.9. The molecule has 4 rings (SSSR count). The van der Waals surface area contributed by atoms with Crippen molar-refractivity contribution in [1.82, 2.24) is 14.7 Å². The predicted molar refractivity (Wildman–Crippen MR) is 90.7 cm³/mol. The van der Waals surface area contributed by atoms with Crippen molar-refractivity contribution in [3.63, 3.8) is 0 Å². The van der Waals surface area contributed by atoms with Gasteiger partial charge >= 0.3 is 0 Å². The normalized spacial score (nSPS) is 34.7. The fourth-order valence-electron chi connectivity index (χ4n) is 4.15. The number of nitrogens with zero attached hydrogens (tertiary/aromatic N) is 3. The van der Waals surface area contributed by atoms with E-state index in [1.165, 1.54) is 5.70 Å². The summed E-state index contributed by atoms with van der Waals surface area (Å²) in [6, 6.07) is 0. The van der Waals surface area contributed by atoms with Crippen molar-refractivity contribution in [1.29, 1.82) is 0 Å². The Kier molecular flexibility index (Phi) is 3.86. The van der Waals surface area contributed by atoms with Crippen LogP contribution in [0.3, 0.4) is 0 Å². The molecule has 1 N–H and O–H groups in total. The van der Waals surface area contributed by atoms with Crippen molar-refractivity contribution >= 4 is 0 Å². The van der Waals surface area contributed by atoms with E-state index >= 15 is 0 Å². The first-order valence-electron chi connectivity index (χ1n) is 8.78. The average molecular weight is 333 g/mol. The van der Waals surface area contributed by atoms with Gasteiger partial charge in [0.05, 0.1) is 49.0 Å². The molecule has 4 aliphatic rings. The van der Waals surface area contributed by atoms with Crippen LogP contribution in [0.1, 0.15) is 20.8 Å². The van der Waals surface area contributed by atoms with Gasteiger partial charge in [-0.25, -0.2) is 0 Å². The molecule has 24 heavy (non-hydrogen) atoms. The first kappa shape index (κ1) is 16.0. The van der Waals surface area contributed by atoms with Crippen molar-refractivity contribution < 1.29 is 14.6 Å². The number of morpholine rings is 1. The van der Waals surface area contributed by atoms with Crippen LogP contribution >= 0.6 is 0 Å². The molecule has 6 nitrogen and oxygen atoms in total. The maximum Gasteiger partial charge on any atom is 0.129 e. The first-order chi connectivity index (χ1) is 11.5. The Hall–Kier alpha value is -1.50. The summed E-state index contributed by atoms with van der Waals surface area (Å²) in [4.78, 5) is 6.85. The Labute approximate surface area is 143 Å². The molecule has 0 saturated carbocycles. The third-order valence-electron chi connectivity index (χ3n) is 5.32. The molecule has 0 amide bonds. The van der Waals surface area contributed by atoms with Crippen LogP contribution in [0, 0.1) is 0 Å². The van der Waals surface area contributed by atoms with Crippen LogP contribution in [0.5, 0.6) is 0 Å². The zero-order valence-corrected chi connectivity index (χ0v) is 14.7. The minimum atomic E-state index is -0.0651. The van der Waals surface area contributed by atoms with Gasteiger partial charge in [-0.3, -0.25) is 0 Å². The van der Waals surface area contributed by atoms with E-state index in [1.54, 1.807) is 0 Å². The Morgan fingerprint density at radius 3 is 2.50 bits per heavy atom. The van der Waals surface area contributed by atoms with Crippen LogP contribution in [0.4, 0.5) is 0 Å². The minimum Gasteiger partial charge on any atom is -0.392 e. The number of aliphatic hydroxyl groups excluding tert-OH is 1. The third kappa shape index (κ3) is 2.44. The van der Waals surface area contributed by atoms with Gasteiger partial charge in [0.15, 0.2) is 0 Å². The van der Waals surface area contributed by atoms with Crippen LogP contribution in [0.2, 0.25) is 0 Å². The third-order valence-corrected chi connectivity index (χ3v) is 5.32. The number of allylic oxidation sites excluding steroid dienone is 2. The number of aliphatic hydroxyl groups is 1. The predicted octanol–water partition coefficient (Wildman–Crippen LogP) is 1.07. The van der Waals surface area contributed by atoms with Crippen molar-refractivity contribution in [3.05, 3.63) is 35.9 Å². The van der Waals surface area contributed by atoms with E-state index in [0.29, 0.717) is 13.2 Å². The van der Waals surface area contributed by atoms with E-state index in [-0.39, 0.29) is 30.5 Å². The highest BCUT2D eigenvalue weighted by Crippen LogP contribution is 2.39. The lowest BCUT2D eigenvalue weighted by molar-refractivity contribution is -0.136. The van der Waals surface area contributed by atoms with Gasteiger partial charge in [-0.2, -0.15) is 0 Å². The molecule has 4 heterocycles. The van der Waals surface area contributed by atoms with E-state index < -0.39 is 0 Å². The fraction of sp³-hybridized carbons (Fsp3) is 0.667. The Morgan fingerprint density at radius 2 is 1.92 bits per heavy atom. The summed E-state index contributed by atoms with van der Waals surface area (Å²) in [6.45, 7) is 9.71. The Morgan fingerprint density at radius 1 is 1.21 bits per heavy atom. The van der Waals surface area contributed by atoms with Crippen LogP contribution < -0.4 is 0 Å². The Balaban J connectivity index is 1.64. The molecule has 0 radical (unpaired) electrons. The second kappa shape index (κ2) is 5.79. The fourth-order valence-corrected chi connectivity index (χ4v) is 4.15. The van der Waals surface area contributed by atoms with Gasteiger partial charge in [0.1, 0.15) is 6.17 Å². The van der Waals surface area contributed by atoms with Crippen LogP contribution in [0.15, 0.2) is 35.9 Å². The molecule has 0 bridgehead atoms. The molecule has 1 unspecified atom stereocenters. The maximum absolute atomic E-state index is 9.99. The molecule has 0 spiro atoms. The second-order valence-corrected chi connectivity index (χ2v) is 7.54. The largest absolute Gasteiger partial charge is 0.392 e. The molecule has 3 atom stereocenters. The summed E-state index contributed by atoms with van der Waals surface area (Å²) in [5.41, 5.74) is 2.33. The number of hydrogen-bond acceptors (Lipinski definition) is 6. The van der Waals surface area contributed by atoms with Crippen molar-refractivity contribution in [3.8, 4) is 0 Å². The molecule has 4 aliphatic heterocycles. The summed E-state index contributed by atoms with van der Waals surface area (Å²) in [7, 11) is 0. The molecule has 2 saturated heterocycles. The molecule has 0 aromatic heterocycles. The molecule has 2 fully saturated rings. The Bertz CT molecular complexity index is 586. The smallest absolute Gasteiger partial charge is 0.129 e. The number of fused-ring (bicyclic) bond motifs is 1. The van der Waals surface area contributed by atoms with Gasteiger partial charge in [0.25, 0.3) is 0 Å². The molecular weight excluding hydrogens is 306 g/mol. The average Bonchev–Trinajstić information content (AvgIpc) is 2.90. The van der Waals surface area contributed by atoms with Crippen molar-refractivity contribution in [2.75, 3.05) is 32.9 Å². The number of rotatable bonds is 3. The summed E-state index contributed by atoms with van der Waals surface area (Å²) < 4.78 is 11.3. The lowest BCUT2D eigenvalue weighted by Crippen LogP contribution is -2.62. The maximum atomic E-state index is 9.99. The SMILES string of the molecule is C[C@H]1CN(C2=CC=CN3C2=CN(C2(C)COC2)C3CO)C[C@H](C)O1. The van der Waals surface area contributed by atoms with E-state index in [9.17, 15) is 5.11 Å². The van der Waals surface area contributed by atoms with Crippen molar-refractivity contribution in [2.45, 2.75) is 44.7 Å². The monoisotopic (exact) mass is 333 g/mol. The lowest BCUT2D eigenvalue weighted by Gasteiger charge is -2.48. The first-order valence-corrected chi connectivity index (χ1v) is 8.78. The highest BCUT2D eigenvalue weighted by Gasteiger charge is 2.47. The van der Waals surface area contributed by atoms with E-state index in [0.717, 1.165) is 18.8 Å². The van der Waals surface area contributed by atoms with Gasteiger partial charge in [0.2, 0.25) is 0 Å². The van der Waals surface area contributed by atoms with E-state index in [4.69, 9.17) is 9.47 Å². The van der Waals surface area contributed by atoms with Crippen molar-refractivity contribution in [2.24, 2.45) is 0 Å². The highest BCUT2D eigenvalue weighted by atomic mass is 16.5. The quantitative estimate of drug-likeness (QED) is 0.834. The summed E-state index contributed by atoms with van der Waals surface area (Å²) in [6.07, 6.45) is 8.88. The van der Waals surface area contributed by atoms with Gasteiger partial charge in [-0.05, 0) is 32.9 Å². The second-order valence-electron chi connectivity index (χ2n) is 7.54.